The first-order valence-electron chi connectivity index (χ1n) is 18.9. The maximum atomic E-state index is 5.35. The fraction of sp³-hybridized carbons (Fsp3) is 0. The Morgan fingerprint density at radius 2 is 0.911 bits per heavy atom. The van der Waals surface area contributed by atoms with Gasteiger partial charge in [0, 0.05) is 42.9 Å². The van der Waals surface area contributed by atoms with Crippen LogP contribution in [0.15, 0.2) is 200 Å². The minimum Gasteiger partial charge on any atom is -0.308 e. The average Bonchev–Trinajstić information content (AvgIpc) is 3.83. The maximum absolute atomic E-state index is 5.35. The highest BCUT2D eigenvalue weighted by Crippen LogP contribution is 2.45. The molecule has 0 saturated heterocycles. The molecule has 0 aliphatic heterocycles. The molecular formula is C52H33N3S. The summed E-state index contributed by atoms with van der Waals surface area (Å²) in [6.07, 6.45) is 0. The highest BCUT2D eigenvalue weighted by atomic mass is 32.1. The summed E-state index contributed by atoms with van der Waals surface area (Å²) < 4.78 is 5.01. The fourth-order valence-electron chi connectivity index (χ4n) is 8.17. The summed E-state index contributed by atoms with van der Waals surface area (Å²) in [4.78, 5) is 10.7. The van der Waals surface area contributed by atoms with Gasteiger partial charge in [-0.2, -0.15) is 0 Å². The number of rotatable bonds is 6. The zero-order chi connectivity index (χ0) is 37.0. The maximum Gasteiger partial charge on any atom is 0.161 e. The Morgan fingerprint density at radius 1 is 0.375 bits per heavy atom. The number of thiophene rings is 1. The van der Waals surface area contributed by atoms with Crippen molar-refractivity contribution in [2.24, 2.45) is 0 Å². The number of fused-ring (bicyclic) bond motifs is 6. The molecule has 0 bridgehead atoms. The number of benzene rings is 8. The minimum absolute atomic E-state index is 0.701. The van der Waals surface area contributed by atoms with Gasteiger partial charge in [-0.1, -0.05) is 164 Å². The first kappa shape index (κ1) is 32.3. The number of para-hydroxylation sites is 1. The third kappa shape index (κ3) is 5.42. The molecule has 11 rings (SSSR count). The number of hydrogen-bond donors (Lipinski definition) is 0. The normalized spacial score (nSPS) is 11.6. The molecular weight excluding hydrogens is 699 g/mol. The molecule has 3 nitrogen and oxygen atoms in total. The third-order valence-electron chi connectivity index (χ3n) is 10.8. The largest absolute Gasteiger partial charge is 0.308 e. The van der Waals surface area contributed by atoms with E-state index in [-0.39, 0.29) is 0 Å². The van der Waals surface area contributed by atoms with Gasteiger partial charge in [0.1, 0.15) is 0 Å². The lowest BCUT2D eigenvalue weighted by Gasteiger charge is -2.13. The first-order valence-corrected chi connectivity index (χ1v) is 19.7. The summed E-state index contributed by atoms with van der Waals surface area (Å²) >= 11 is 1.86. The van der Waals surface area contributed by atoms with E-state index >= 15 is 0 Å². The van der Waals surface area contributed by atoms with Gasteiger partial charge < -0.3 is 4.57 Å². The lowest BCUT2D eigenvalue weighted by Crippen LogP contribution is -1.97. The second kappa shape index (κ2) is 13.3. The third-order valence-corrected chi connectivity index (χ3v) is 12.0. The van der Waals surface area contributed by atoms with E-state index in [4.69, 9.17) is 9.97 Å². The summed E-state index contributed by atoms with van der Waals surface area (Å²) in [6.45, 7) is 0. The van der Waals surface area contributed by atoms with E-state index in [1.54, 1.807) is 0 Å². The van der Waals surface area contributed by atoms with Crippen molar-refractivity contribution in [1.29, 1.82) is 0 Å². The second-order valence-electron chi connectivity index (χ2n) is 14.2. The zero-order valence-electron chi connectivity index (χ0n) is 30.3. The lowest BCUT2D eigenvalue weighted by atomic mass is 10.0. The van der Waals surface area contributed by atoms with Crippen LogP contribution in [0.3, 0.4) is 0 Å². The van der Waals surface area contributed by atoms with Gasteiger partial charge in [-0.25, -0.2) is 9.97 Å². The van der Waals surface area contributed by atoms with Crippen molar-refractivity contribution in [3.8, 4) is 61.8 Å². The molecule has 0 atom stereocenters. The highest BCUT2D eigenvalue weighted by Gasteiger charge is 2.22. The molecule has 8 aromatic carbocycles. The summed E-state index contributed by atoms with van der Waals surface area (Å²) in [5.74, 6) is 0.701. The van der Waals surface area contributed by atoms with Crippen LogP contribution in [-0.4, -0.2) is 14.5 Å². The standard InChI is InChI=1S/C52H33N3S/c1-4-15-34(16-5-1)36-27-29-38(30-28-36)45-33-44(37-19-8-3-9-20-37)53-52(54-45)42-23-14-25-47-50(42)41-22-10-12-24-46(41)55(47)48-32-39(35-17-6-2-7-18-35)31-43-40-21-11-13-26-49(40)56-51(43)48/h1-33H. The fourth-order valence-corrected chi connectivity index (χ4v) is 9.36. The monoisotopic (exact) mass is 731 g/mol. The highest BCUT2D eigenvalue weighted by molar-refractivity contribution is 7.26. The van der Waals surface area contributed by atoms with Crippen molar-refractivity contribution < 1.29 is 0 Å². The number of hydrogen-bond acceptors (Lipinski definition) is 3. The van der Waals surface area contributed by atoms with Crippen LogP contribution in [0.25, 0.3) is 104 Å². The molecule has 56 heavy (non-hydrogen) atoms. The van der Waals surface area contributed by atoms with Gasteiger partial charge in [0.2, 0.25) is 0 Å². The summed E-state index contributed by atoms with van der Waals surface area (Å²) in [5.41, 5.74) is 13.1. The van der Waals surface area contributed by atoms with E-state index in [1.807, 2.05) is 17.4 Å². The van der Waals surface area contributed by atoms with Crippen LogP contribution in [0.4, 0.5) is 0 Å². The van der Waals surface area contributed by atoms with Gasteiger partial charge in [-0.3, -0.25) is 0 Å². The molecule has 11 aromatic rings. The van der Waals surface area contributed by atoms with Crippen LogP contribution in [0.5, 0.6) is 0 Å². The van der Waals surface area contributed by atoms with Gasteiger partial charge in [-0.05, 0) is 58.7 Å². The molecule has 262 valence electrons. The van der Waals surface area contributed by atoms with Gasteiger partial charge >= 0.3 is 0 Å². The molecule has 3 heterocycles. The quantitative estimate of drug-likeness (QED) is 0.170. The van der Waals surface area contributed by atoms with E-state index in [2.05, 4.69) is 199 Å². The Labute approximate surface area is 328 Å². The molecule has 0 unspecified atom stereocenters. The van der Waals surface area contributed by atoms with E-state index in [0.29, 0.717) is 5.82 Å². The predicted octanol–water partition coefficient (Wildman–Crippen LogP) is 14.3. The van der Waals surface area contributed by atoms with Gasteiger partial charge in [0.05, 0.1) is 32.8 Å². The number of nitrogens with zero attached hydrogens (tertiary/aromatic N) is 3. The molecule has 3 aromatic heterocycles. The Kier molecular flexibility index (Phi) is 7.68. The van der Waals surface area contributed by atoms with Gasteiger partial charge in [0.15, 0.2) is 5.82 Å². The van der Waals surface area contributed by atoms with Crippen molar-refractivity contribution in [1.82, 2.24) is 14.5 Å². The Morgan fingerprint density at radius 3 is 1.62 bits per heavy atom. The van der Waals surface area contributed by atoms with Crippen LogP contribution in [0.1, 0.15) is 0 Å². The lowest BCUT2D eigenvalue weighted by molar-refractivity contribution is 1.18. The minimum atomic E-state index is 0.701. The van der Waals surface area contributed by atoms with Crippen LogP contribution in [0.2, 0.25) is 0 Å². The zero-order valence-corrected chi connectivity index (χ0v) is 31.1. The molecule has 4 heteroatoms. The van der Waals surface area contributed by atoms with Gasteiger partial charge in [0.25, 0.3) is 0 Å². The van der Waals surface area contributed by atoms with Crippen molar-refractivity contribution in [2.45, 2.75) is 0 Å². The molecule has 0 fully saturated rings. The van der Waals surface area contributed by atoms with Crippen molar-refractivity contribution in [2.75, 3.05) is 0 Å². The predicted molar refractivity (Wildman–Crippen MR) is 236 cm³/mol. The van der Waals surface area contributed by atoms with E-state index in [1.165, 1.54) is 53.5 Å². The molecule has 0 spiro atoms. The summed E-state index contributed by atoms with van der Waals surface area (Å²) in [6, 6.07) is 71.3. The van der Waals surface area contributed by atoms with Crippen molar-refractivity contribution >= 4 is 53.3 Å². The molecule has 0 N–H and O–H groups in total. The molecule has 0 aliphatic carbocycles. The van der Waals surface area contributed by atoms with Crippen LogP contribution in [0, 0.1) is 0 Å². The molecule has 0 aliphatic rings. The Bertz CT molecular complexity index is 3220. The smallest absolute Gasteiger partial charge is 0.161 e. The first-order chi connectivity index (χ1) is 27.8. The van der Waals surface area contributed by atoms with Crippen LogP contribution < -0.4 is 0 Å². The van der Waals surface area contributed by atoms with Crippen LogP contribution in [-0.2, 0) is 0 Å². The number of aromatic nitrogens is 3. The molecule has 0 radical (unpaired) electrons. The van der Waals surface area contributed by atoms with Gasteiger partial charge in [-0.15, -0.1) is 11.3 Å². The molecule has 0 saturated carbocycles. The Hall–Kier alpha value is -7.14. The topological polar surface area (TPSA) is 30.7 Å². The Balaban J connectivity index is 1.16. The van der Waals surface area contributed by atoms with E-state index in [9.17, 15) is 0 Å². The summed E-state index contributed by atoms with van der Waals surface area (Å²) in [7, 11) is 0. The SMILES string of the molecule is c1ccc(-c2ccc(-c3cc(-c4ccccc4)nc(-c4cccc5c4c4ccccc4n5-c4cc(-c5ccccc5)cc5c4sc4ccccc45)n3)cc2)cc1. The van der Waals surface area contributed by atoms with E-state index in [0.717, 1.165) is 44.5 Å². The molecule has 0 amide bonds. The second-order valence-corrected chi connectivity index (χ2v) is 15.2. The van der Waals surface area contributed by atoms with E-state index < -0.39 is 0 Å². The van der Waals surface area contributed by atoms with Crippen molar-refractivity contribution in [3.63, 3.8) is 0 Å². The average molecular weight is 732 g/mol. The summed E-state index contributed by atoms with van der Waals surface area (Å²) in [5, 5.41) is 4.85. The van der Waals surface area contributed by atoms with Crippen LogP contribution >= 0.6 is 11.3 Å². The van der Waals surface area contributed by atoms with Crippen molar-refractivity contribution in [3.05, 3.63) is 200 Å².